The smallest absolute Gasteiger partial charge is 0.333 e. The van der Waals surface area contributed by atoms with Crippen molar-refractivity contribution in [1.82, 2.24) is 0 Å². The molecule has 0 fully saturated rings. The molecular formula is C26H30O15. The highest BCUT2D eigenvalue weighted by atomic mass is 16.5. The van der Waals surface area contributed by atoms with Gasteiger partial charge < -0.3 is 54.7 Å². The van der Waals surface area contributed by atoms with Crippen molar-refractivity contribution >= 4 is 36.0 Å². The number of phenolic OH excluding ortho intramolecular Hbond substituents is 2. The highest BCUT2D eigenvalue weighted by Gasteiger charge is 2.16. The van der Waals surface area contributed by atoms with Gasteiger partial charge in [0, 0.05) is 12.2 Å². The third-order valence-electron chi connectivity index (χ3n) is 4.49. The normalized spacial score (nSPS) is 10.9. The van der Waals surface area contributed by atoms with Crippen molar-refractivity contribution in [3.8, 4) is 34.5 Å². The number of hydrogen-bond acceptors (Lipinski definition) is 11. The fourth-order valence-electron chi connectivity index (χ4n) is 2.61. The van der Waals surface area contributed by atoms with Crippen LogP contribution in [0.3, 0.4) is 0 Å². The maximum atomic E-state index is 10.3. The van der Waals surface area contributed by atoms with E-state index >= 15 is 0 Å². The fourth-order valence-corrected chi connectivity index (χ4v) is 2.61. The van der Waals surface area contributed by atoms with E-state index in [2.05, 4.69) is 0 Å². The predicted molar refractivity (Wildman–Crippen MR) is 142 cm³/mol. The van der Waals surface area contributed by atoms with Gasteiger partial charge in [0.2, 0.25) is 11.5 Å². The molecule has 0 amide bonds. The third kappa shape index (κ3) is 13.3. The van der Waals surface area contributed by atoms with Gasteiger partial charge in [-0.15, -0.1) is 0 Å². The Bertz CT molecular complexity index is 1130. The molecule has 0 aliphatic heterocycles. The molecule has 41 heavy (non-hydrogen) atoms. The van der Waals surface area contributed by atoms with Gasteiger partial charge in [0.25, 0.3) is 0 Å². The van der Waals surface area contributed by atoms with Crippen molar-refractivity contribution in [3.05, 3.63) is 47.5 Å². The Kier molecular flexibility index (Phi) is 15.6. The molecule has 0 aliphatic carbocycles. The van der Waals surface area contributed by atoms with Gasteiger partial charge in [-0.2, -0.15) is 0 Å². The first-order valence-corrected chi connectivity index (χ1v) is 11.0. The number of hydrogen-bond donors (Lipinski definition) is 7. The second-order valence-electron chi connectivity index (χ2n) is 7.34. The minimum atomic E-state index is -1.79. The summed E-state index contributed by atoms with van der Waals surface area (Å²) in [6.45, 7) is 0. The molecule has 224 valence electrons. The summed E-state index contributed by atoms with van der Waals surface area (Å²) in [4.78, 5) is 40.1. The molecule has 0 saturated carbocycles. The molecule has 0 bridgehead atoms. The minimum Gasteiger partial charge on any atom is -0.502 e. The highest BCUT2D eigenvalue weighted by molar-refractivity contribution is 5.86. The number of carboxylic acid groups (broad SMARTS) is 4. The number of carbonyl (C=O) groups is 4. The number of ether oxygens (including phenoxy) is 4. The average Bonchev–Trinajstić information content (AvgIpc) is 2.91. The zero-order valence-corrected chi connectivity index (χ0v) is 22.3. The highest BCUT2D eigenvalue weighted by Crippen LogP contribution is 2.38. The SMILES string of the molecule is COc1cc(/C=C/C(=O)O)cc(OC)c1O.COc1cc(/C=C/C(=O)O)cc(OC)c1O.O=C(O)CC(O)C(=O)O. The van der Waals surface area contributed by atoms with E-state index in [1.54, 1.807) is 0 Å². The van der Waals surface area contributed by atoms with Crippen LogP contribution in [0.15, 0.2) is 36.4 Å². The summed E-state index contributed by atoms with van der Waals surface area (Å²) in [7, 11) is 5.61. The van der Waals surface area contributed by atoms with Crippen LogP contribution in [-0.2, 0) is 19.2 Å². The maximum absolute atomic E-state index is 10.3. The third-order valence-corrected chi connectivity index (χ3v) is 4.49. The number of benzene rings is 2. The number of aromatic hydroxyl groups is 2. The van der Waals surface area contributed by atoms with Crippen molar-refractivity contribution in [3.63, 3.8) is 0 Å². The van der Waals surface area contributed by atoms with E-state index in [1.165, 1.54) is 64.9 Å². The first-order chi connectivity index (χ1) is 19.2. The van der Waals surface area contributed by atoms with E-state index in [0.717, 1.165) is 12.2 Å². The average molecular weight is 583 g/mol. The van der Waals surface area contributed by atoms with E-state index in [1.807, 2.05) is 0 Å². The van der Waals surface area contributed by atoms with Crippen LogP contribution in [0.4, 0.5) is 0 Å². The molecule has 0 radical (unpaired) electrons. The summed E-state index contributed by atoms with van der Waals surface area (Å²) < 4.78 is 19.7. The molecule has 0 aromatic heterocycles. The van der Waals surface area contributed by atoms with Gasteiger partial charge >= 0.3 is 23.9 Å². The number of phenols is 2. The molecular weight excluding hydrogens is 552 g/mol. The van der Waals surface area contributed by atoms with Crippen LogP contribution in [0.1, 0.15) is 17.5 Å². The summed E-state index contributed by atoms with van der Waals surface area (Å²) in [6.07, 6.45) is 2.20. The molecule has 1 unspecified atom stereocenters. The van der Waals surface area contributed by atoms with Crippen LogP contribution >= 0.6 is 0 Å². The first kappa shape index (κ1) is 35.6. The van der Waals surface area contributed by atoms with Gasteiger partial charge in [-0.1, -0.05) is 0 Å². The van der Waals surface area contributed by atoms with Crippen LogP contribution in [0, 0.1) is 0 Å². The van der Waals surface area contributed by atoms with E-state index in [0.29, 0.717) is 11.1 Å². The summed E-state index contributed by atoms with van der Waals surface area (Å²) in [5.41, 5.74) is 1.13. The van der Waals surface area contributed by atoms with Gasteiger partial charge in [-0.3, -0.25) is 4.79 Å². The molecule has 2 rings (SSSR count). The number of rotatable bonds is 11. The van der Waals surface area contributed by atoms with Crippen LogP contribution in [0.25, 0.3) is 12.2 Å². The first-order valence-electron chi connectivity index (χ1n) is 11.0. The van der Waals surface area contributed by atoms with Gasteiger partial charge in [0.05, 0.1) is 34.9 Å². The summed E-state index contributed by atoms with van der Waals surface area (Å²) in [6, 6.07) is 6.04. The van der Waals surface area contributed by atoms with Crippen molar-refractivity contribution in [1.29, 1.82) is 0 Å². The Morgan fingerprint density at radius 2 is 0.951 bits per heavy atom. The Morgan fingerprint density at radius 1 is 0.659 bits per heavy atom. The molecule has 2 aromatic carbocycles. The second kappa shape index (κ2) is 18.0. The van der Waals surface area contributed by atoms with Gasteiger partial charge in [0.1, 0.15) is 0 Å². The summed E-state index contributed by atoms with van der Waals surface area (Å²) in [5, 5.41) is 60.3. The number of aliphatic hydroxyl groups is 1. The lowest BCUT2D eigenvalue weighted by Crippen LogP contribution is -2.22. The predicted octanol–water partition coefficient (Wildman–Crippen LogP) is 1.92. The monoisotopic (exact) mass is 582 g/mol. The van der Waals surface area contributed by atoms with E-state index < -0.39 is 36.4 Å². The molecule has 15 nitrogen and oxygen atoms in total. The fraction of sp³-hybridized carbons (Fsp3) is 0.231. The van der Waals surface area contributed by atoms with Gasteiger partial charge in [-0.05, 0) is 47.5 Å². The zero-order valence-electron chi connectivity index (χ0n) is 22.3. The number of carboxylic acids is 4. The summed E-state index contributed by atoms with van der Waals surface area (Å²) in [5.74, 6) is -4.27. The molecule has 2 aromatic rings. The summed E-state index contributed by atoms with van der Waals surface area (Å²) >= 11 is 0. The van der Waals surface area contributed by atoms with Crippen LogP contribution < -0.4 is 18.9 Å². The van der Waals surface area contributed by atoms with Crippen LogP contribution in [-0.4, -0.2) is 94.2 Å². The maximum Gasteiger partial charge on any atom is 0.333 e. The van der Waals surface area contributed by atoms with Crippen molar-refractivity contribution in [2.75, 3.05) is 28.4 Å². The van der Waals surface area contributed by atoms with E-state index in [-0.39, 0.29) is 34.5 Å². The van der Waals surface area contributed by atoms with Crippen LogP contribution in [0.2, 0.25) is 0 Å². The largest absolute Gasteiger partial charge is 0.502 e. The van der Waals surface area contributed by atoms with E-state index in [4.69, 9.17) is 44.5 Å². The Hall–Kier alpha value is -5.44. The molecule has 7 N–H and O–H groups in total. The minimum absolute atomic E-state index is 0.113. The standard InChI is InChI=1S/2C11H12O5.C4H6O5/c2*1-15-8-5-7(3-4-10(12)13)6-9(16-2)11(8)14;5-2(4(8)9)1-3(6)7/h2*3-6,14H,1-2H3,(H,12,13);2,5H,1H2,(H,6,7)(H,8,9)/b2*4-3+;. The molecule has 15 heteroatoms. The topological polar surface area (TPSA) is 247 Å². The molecule has 0 heterocycles. The molecule has 0 aliphatic rings. The van der Waals surface area contributed by atoms with Crippen molar-refractivity contribution in [2.24, 2.45) is 0 Å². The number of aliphatic carboxylic acids is 4. The van der Waals surface area contributed by atoms with Crippen molar-refractivity contribution < 1.29 is 73.9 Å². The van der Waals surface area contributed by atoms with Gasteiger partial charge in [-0.25, -0.2) is 14.4 Å². The van der Waals surface area contributed by atoms with E-state index in [9.17, 15) is 29.4 Å². The van der Waals surface area contributed by atoms with Crippen LogP contribution in [0.5, 0.6) is 34.5 Å². The second-order valence-corrected chi connectivity index (χ2v) is 7.34. The molecule has 0 saturated heterocycles. The Labute approximate surface area is 233 Å². The Balaban J connectivity index is 0.000000612. The van der Waals surface area contributed by atoms with Gasteiger partial charge in [0.15, 0.2) is 29.1 Å². The number of methoxy groups -OCH3 is 4. The van der Waals surface area contributed by atoms with Crippen molar-refractivity contribution in [2.45, 2.75) is 12.5 Å². The molecule has 1 atom stereocenters. The lowest BCUT2D eigenvalue weighted by molar-refractivity contribution is -0.152. The zero-order chi connectivity index (χ0) is 31.7. The lowest BCUT2D eigenvalue weighted by atomic mass is 10.1. The molecule has 0 spiro atoms. The quantitative estimate of drug-likeness (QED) is 0.187. The Morgan fingerprint density at radius 3 is 1.12 bits per heavy atom. The number of aliphatic hydroxyl groups excluding tert-OH is 1. The lowest BCUT2D eigenvalue weighted by Gasteiger charge is -2.09.